The molecule has 3 rings (SSSR count). The number of nitrogens with one attached hydrogen (secondary N) is 1. The highest BCUT2D eigenvalue weighted by Gasteiger charge is 2.12. The fourth-order valence-electron chi connectivity index (χ4n) is 2.57. The van der Waals surface area contributed by atoms with Crippen molar-refractivity contribution in [3.8, 4) is 22.8 Å². The second-order valence-corrected chi connectivity index (χ2v) is 6.27. The van der Waals surface area contributed by atoms with Gasteiger partial charge in [0.15, 0.2) is 0 Å². The number of halogens is 1. The van der Waals surface area contributed by atoms with E-state index in [2.05, 4.69) is 10.4 Å². The van der Waals surface area contributed by atoms with Crippen molar-refractivity contribution in [2.75, 3.05) is 19.5 Å². The highest BCUT2D eigenvalue weighted by molar-refractivity contribution is 6.30. The van der Waals surface area contributed by atoms with E-state index in [1.165, 1.54) is 20.3 Å². The number of hydrogen-bond donors (Lipinski definition) is 1. The van der Waals surface area contributed by atoms with Gasteiger partial charge < -0.3 is 14.8 Å². The summed E-state index contributed by atoms with van der Waals surface area (Å²) in [5, 5.41) is 7.59. The molecule has 0 aliphatic rings. The van der Waals surface area contributed by atoms with Crippen LogP contribution in [0, 0.1) is 0 Å². The van der Waals surface area contributed by atoms with Crippen LogP contribution in [0.1, 0.15) is 0 Å². The van der Waals surface area contributed by atoms with Crippen LogP contribution in [0.5, 0.6) is 11.5 Å². The van der Waals surface area contributed by atoms with Gasteiger partial charge in [-0.1, -0.05) is 23.7 Å². The lowest BCUT2D eigenvalue weighted by Crippen LogP contribution is -2.29. The predicted octanol–water partition coefficient (Wildman–Crippen LogP) is 3.22. The summed E-state index contributed by atoms with van der Waals surface area (Å²) in [4.78, 5) is 24.6. The van der Waals surface area contributed by atoms with Gasteiger partial charge in [-0.3, -0.25) is 9.59 Å². The molecule has 0 atom stereocenters. The van der Waals surface area contributed by atoms with Crippen molar-refractivity contribution in [2.45, 2.75) is 6.54 Å². The molecule has 0 radical (unpaired) electrons. The number of amides is 1. The fourth-order valence-corrected chi connectivity index (χ4v) is 2.70. The Kier molecular flexibility index (Phi) is 5.96. The zero-order valence-electron chi connectivity index (χ0n) is 15.3. The third-order valence-electron chi connectivity index (χ3n) is 3.98. The Morgan fingerprint density at radius 2 is 1.82 bits per heavy atom. The number of nitrogens with zero attached hydrogens (tertiary/aromatic N) is 2. The number of carbonyl (C=O) groups is 1. The van der Waals surface area contributed by atoms with Gasteiger partial charge in [-0.25, -0.2) is 4.68 Å². The quantitative estimate of drug-likeness (QED) is 0.688. The molecule has 0 spiro atoms. The average molecular weight is 400 g/mol. The third-order valence-corrected chi connectivity index (χ3v) is 4.23. The summed E-state index contributed by atoms with van der Waals surface area (Å²) in [6.45, 7) is -0.249. The van der Waals surface area contributed by atoms with Gasteiger partial charge in [-0.2, -0.15) is 5.10 Å². The first kappa shape index (κ1) is 19.4. The van der Waals surface area contributed by atoms with Gasteiger partial charge in [0, 0.05) is 22.7 Å². The van der Waals surface area contributed by atoms with Crippen LogP contribution in [-0.2, 0) is 11.3 Å². The van der Waals surface area contributed by atoms with Crippen LogP contribution in [-0.4, -0.2) is 29.9 Å². The zero-order chi connectivity index (χ0) is 20.1. The molecule has 1 aromatic heterocycles. The molecule has 0 saturated carbocycles. The van der Waals surface area contributed by atoms with E-state index >= 15 is 0 Å². The van der Waals surface area contributed by atoms with Crippen LogP contribution in [0.25, 0.3) is 11.3 Å². The second-order valence-electron chi connectivity index (χ2n) is 5.84. The molecule has 144 valence electrons. The van der Waals surface area contributed by atoms with Crippen molar-refractivity contribution in [3.63, 3.8) is 0 Å². The molecule has 0 aliphatic carbocycles. The first-order valence-electron chi connectivity index (χ1n) is 8.36. The summed E-state index contributed by atoms with van der Waals surface area (Å²) in [6, 6.07) is 15.1. The van der Waals surface area contributed by atoms with Gasteiger partial charge in [0.2, 0.25) is 5.91 Å². The molecule has 0 unspecified atom stereocenters. The van der Waals surface area contributed by atoms with Gasteiger partial charge in [0.05, 0.1) is 25.6 Å². The van der Waals surface area contributed by atoms with Gasteiger partial charge in [-0.15, -0.1) is 0 Å². The summed E-state index contributed by atoms with van der Waals surface area (Å²) in [5.74, 6) is 0.620. The topological polar surface area (TPSA) is 82.4 Å². The van der Waals surface area contributed by atoms with E-state index in [-0.39, 0.29) is 12.1 Å². The van der Waals surface area contributed by atoms with Crippen LogP contribution >= 0.6 is 11.6 Å². The first-order chi connectivity index (χ1) is 13.5. The minimum atomic E-state index is -0.422. The smallest absolute Gasteiger partial charge is 0.267 e. The lowest BCUT2D eigenvalue weighted by Gasteiger charge is -2.12. The lowest BCUT2D eigenvalue weighted by atomic mass is 10.1. The average Bonchev–Trinajstić information content (AvgIpc) is 2.70. The highest BCUT2D eigenvalue weighted by Crippen LogP contribution is 2.28. The van der Waals surface area contributed by atoms with E-state index in [1.54, 1.807) is 48.5 Å². The molecule has 1 N–H and O–H groups in total. The van der Waals surface area contributed by atoms with Crippen LogP contribution in [0.4, 0.5) is 5.69 Å². The molecule has 28 heavy (non-hydrogen) atoms. The Morgan fingerprint density at radius 3 is 2.50 bits per heavy atom. The van der Waals surface area contributed by atoms with Crippen molar-refractivity contribution in [1.29, 1.82) is 0 Å². The van der Waals surface area contributed by atoms with E-state index in [9.17, 15) is 9.59 Å². The molecule has 7 nitrogen and oxygen atoms in total. The minimum Gasteiger partial charge on any atom is -0.497 e. The Hall–Kier alpha value is -3.32. The summed E-state index contributed by atoms with van der Waals surface area (Å²) < 4.78 is 11.5. The Balaban J connectivity index is 1.82. The number of methoxy groups -OCH3 is 2. The van der Waals surface area contributed by atoms with Crippen LogP contribution < -0.4 is 20.3 Å². The summed E-state index contributed by atoms with van der Waals surface area (Å²) in [7, 11) is 3.03. The standard InChI is InChI=1S/C20H18ClN3O4/c1-27-15-7-9-18(28-2)17(11-15)22-19(25)12-24-20(26)10-8-16(23-24)13-3-5-14(21)6-4-13/h3-11H,12H2,1-2H3,(H,22,25). The third kappa shape index (κ3) is 4.50. The van der Waals surface area contributed by atoms with Crippen LogP contribution in [0.2, 0.25) is 5.02 Å². The molecule has 1 heterocycles. The van der Waals surface area contributed by atoms with E-state index in [1.807, 2.05) is 0 Å². The number of ether oxygens (including phenoxy) is 2. The van der Waals surface area contributed by atoms with Gasteiger partial charge >= 0.3 is 0 Å². The van der Waals surface area contributed by atoms with Crippen LogP contribution in [0.15, 0.2) is 59.4 Å². The SMILES string of the molecule is COc1ccc(OC)c(NC(=O)Cn2nc(-c3ccc(Cl)cc3)ccc2=O)c1. The first-order valence-corrected chi connectivity index (χ1v) is 8.74. The largest absolute Gasteiger partial charge is 0.497 e. The number of benzene rings is 2. The molecular weight excluding hydrogens is 382 g/mol. The molecule has 0 saturated heterocycles. The van der Waals surface area contributed by atoms with Crippen molar-refractivity contribution in [3.05, 3.63) is 70.0 Å². The number of hydrogen-bond acceptors (Lipinski definition) is 5. The summed E-state index contributed by atoms with van der Waals surface area (Å²) in [6.07, 6.45) is 0. The molecule has 2 aromatic carbocycles. The maximum absolute atomic E-state index is 12.5. The number of anilines is 1. The summed E-state index contributed by atoms with van der Waals surface area (Å²) in [5.41, 5.74) is 1.40. The second kappa shape index (κ2) is 8.58. The molecule has 0 aliphatic heterocycles. The molecule has 8 heteroatoms. The van der Waals surface area contributed by atoms with Gasteiger partial charge in [-0.05, 0) is 30.3 Å². The van der Waals surface area contributed by atoms with Gasteiger partial charge in [0.1, 0.15) is 18.0 Å². The monoisotopic (exact) mass is 399 g/mol. The molecule has 3 aromatic rings. The Labute approximate surface area is 166 Å². The van der Waals surface area contributed by atoms with Crippen molar-refractivity contribution >= 4 is 23.2 Å². The van der Waals surface area contributed by atoms with Gasteiger partial charge in [0.25, 0.3) is 5.56 Å². The zero-order valence-corrected chi connectivity index (χ0v) is 16.1. The van der Waals surface area contributed by atoms with Crippen LogP contribution in [0.3, 0.4) is 0 Å². The fraction of sp³-hybridized carbons (Fsp3) is 0.150. The predicted molar refractivity (Wildman–Crippen MR) is 107 cm³/mol. The minimum absolute atomic E-state index is 0.249. The number of aromatic nitrogens is 2. The summed E-state index contributed by atoms with van der Waals surface area (Å²) >= 11 is 5.90. The normalized spacial score (nSPS) is 10.4. The van der Waals surface area contributed by atoms with Crippen molar-refractivity contribution in [2.24, 2.45) is 0 Å². The van der Waals surface area contributed by atoms with Crippen molar-refractivity contribution in [1.82, 2.24) is 9.78 Å². The van der Waals surface area contributed by atoms with E-state index < -0.39 is 5.91 Å². The highest BCUT2D eigenvalue weighted by atomic mass is 35.5. The van der Waals surface area contributed by atoms with E-state index in [0.29, 0.717) is 27.9 Å². The Morgan fingerprint density at radius 1 is 1.07 bits per heavy atom. The molecule has 1 amide bonds. The van der Waals surface area contributed by atoms with E-state index in [0.717, 1.165) is 10.2 Å². The number of rotatable bonds is 6. The maximum Gasteiger partial charge on any atom is 0.267 e. The lowest BCUT2D eigenvalue weighted by molar-refractivity contribution is -0.117. The molecule has 0 bridgehead atoms. The Bertz CT molecular complexity index is 1050. The maximum atomic E-state index is 12.5. The number of carbonyl (C=O) groups excluding carboxylic acids is 1. The molecular formula is C20H18ClN3O4. The van der Waals surface area contributed by atoms with Crippen molar-refractivity contribution < 1.29 is 14.3 Å². The van der Waals surface area contributed by atoms with E-state index in [4.69, 9.17) is 21.1 Å². The molecule has 0 fully saturated rings.